The Labute approximate surface area is 204 Å². The molecule has 2 atom stereocenters. The first kappa shape index (κ1) is 24.4. The molecule has 4 rings (SSSR count). The summed E-state index contributed by atoms with van der Waals surface area (Å²) in [7, 11) is 3.31. The van der Waals surface area contributed by atoms with E-state index in [2.05, 4.69) is 10.6 Å². The van der Waals surface area contributed by atoms with Gasteiger partial charge < -0.3 is 29.7 Å². The zero-order valence-electron chi connectivity index (χ0n) is 20.0. The van der Waals surface area contributed by atoms with Crippen LogP contribution < -0.4 is 24.8 Å². The van der Waals surface area contributed by atoms with Crippen LogP contribution in [0.1, 0.15) is 41.6 Å². The third-order valence-corrected chi connectivity index (χ3v) is 6.41. The van der Waals surface area contributed by atoms with E-state index < -0.39 is 5.92 Å². The third kappa shape index (κ3) is 6.23. The van der Waals surface area contributed by atoms with Crippen LogP contribution in [0.15, 0.2) is 42.5 Å². The normalized spacial score (nSPS) is 19.8. The molecule has 0 spiro atoms. The molecule has 2 aliphatic heterocycles. The van der Waals surface area contributed by atoms with Gasteiger partial charge in [-0.2, -0.15) is 0 Å². The minimum Gasteiger partial charge on any atom is -0.497 e. The first-order chi connectivity index (χ1) is 16.9. The largest absolute Gasteiger partial charge is 0.497 e. The molecule has 0 radical (unpaired) electrons. The second-order valence-electron chi connectivity index (χ2n) is 8.91. The van der Waals surface area contributed by atoms with Crippen LogP contribution in [-0.4, -0.2) is 56.2 Å². The minimum absolute atomic E-state index is 0.112. The molecule has 9 heteroatoms. The second kappa shape index (κ2) is 11.1. The summed E-state index contributed by atoms with van der Waals surface area (Å²) in [5.41, 5.74) is 1.43. The summed E-state index contributed by atoms with van der Waals surface area (Å²) in [6, 6.07) is 12.3. The molecule has 0 aliphatic carbocycles. The molecule has 35 heavy (non-hydrogen) atoms. The number of carbonyl (C=O) groups excluding carboxylic acids is 3. The van der Waals surface area contributed by atoms with Crippen LogP contribution in [-0.2, 0) is 16.1 Å². The van der Waals surface area contributed by atoms with Gasteiger partial charge in [-0.25, -0.2) is 0 Å². The molecule has 2 N–H and O–H groups in total. The lowest BCUT2D eigenvalue weighted by Gasteiger charge is -2.24. The van der Waals surface area contributed by atoms with Gasteiger partial charge in [0.15, 0.2) is 11.5 Å². The van der Waals surface area contributed by atoms with Crippen molar-refractivity contribution in [3.8, 4) is 17.2 Å². The number of nitrogens with one attached hydrogen (secondary N) is 2. The predicted octanol–water partition coefficient (Wildman–Crippen LogP) is 2.49. The molecule has 0 aromatic heterocycles. The Hall–Kier alpha value is -3.75. The number of hydrogen-bond donors (Lipinski definition) is 2. The van der Waals surface area contributed by atoms with Gasteiger partial charge in [0.05, 0.1) is 7.11 Å². The Morgan fingerprint density at radius 2 is 1.86 bits per heavy atom. The van der Waals surface area contributed by atoms with Gasteiger partial charge in [0.25, 0.3) is 5.91 Å². The van der Waals surface area contributed by atoms with Gasteiger partial charge in [0.1, 0.15) is 5.75 Å². The Bertz CT molecular complexity index is 1070. The monoisotopic (exact) mass is 481 g/mol. The van der Waals surface area contributed by atoms with E-state index in [0.29, 0.717) is 49.4 Å². The number of ether oxygens (including phenoxy) is 3. The van der Waals surface area contributed by atoms with Crippen LogP contribution in [0.2, 0.25) is 0 Å². The van der Waals surface area contributed by atoms with Crippen molar-refractivity contribution in [3.63, 3.8) is 0 Å². The fraction of sp³-hybridized carbons (Fsp3) is 0.423. The molecule has 0 saturated carbocycles. The van der Waals surface area contributed by atoms with Crippen LogP contribution in [0.4, 0.5) is 0 Å². The average Bonchev–Trinajstić information content (AvgIpc) is 3.36. The maximum atomic E-state index is 12.9. The Balaban J connectivity index is 1.33. The molecule has 2 aromatic rings. The van der Waals surface area contributed by atoms with Crippen molar-refractivity contribution in [2.75, 3.05) is 27.5 Å². The molecule has 2 aromatic carbocycles. The van der Waals surface area contributed by atoms with Gasteiger partial charge in [-0.3, -0.25) is 14.4 Å². The zero-order chi connectivity index (χ0) is 24.8. The van der Waals surface area contributed by atoms with Crippen molar-refractivity contribution < 1.29 is 28.6 Å². The van der Waals surface area contributed by atoms with E-state index in [1.54, 1.807) is 37.3 Å². The van der Waals surface area contributed by atoms with Gasteiger partial charge in [-0.15, -0.1) is 0 Å². The van der Waals surface area contributed by atoms with Crippen LogP contribution in [0.5, 0.6) is 17.2 Å². The SMILES string of the molecule is COc1ccc(CNC(=O)C2CCCC(NC(=O)c3ccc4c(c3)OCO4)CN(C)C(=O)C2)cc1. The first-order valence-electron chi connectivity index (χ1n) is 11.8. The van der Waals surface area contributed by atoms with Gasteiger partial charge in [0, 0.05) is 44.1 Å². The van der Waals surface area contributed by atoms with Crippen LogP contribution in [0.25, 0.3) is 0 Å². The second-order valence-corrected chi connectivity index (χ2v) is 8.91. The lowest BCUT2D eigenvalue weighted by molar-refractivity contribution is -0.135. The fourth-order valence-electron chi connectivity index (χ4n) is 4.33. The number of likely N-dealkylation sites (N-methyl/N-ethyl adjacent to an activating group) is 1. The fourth-order valence-corrected chi connectivity index (χ4v) is 4.33. The molecule has 2 unspecified atom stereocenters. The lowest BCUT2D eigenvalue weighted by Crippen LogP contribution is -2.44. The summed E-state index contributed by atoms with van der Waals surface area (Å²) in [6.07, 6.45) is 2.10. The number of nitrogens with zero attached hydrogens (tertiary/aromatic N) is 1. The van der Waals surface area contributed by atoms with Crippen molar-refractivity contribution in [2.45, 2.75) is 38.3 Å². The summed E-state index contributed by atoms with van der Waals surface area (Å²) in [5, 5.41) is 5.99. The zero-order valence-corrected chi connectivity index (χ0v) is 20.0. The smallest absolute Gasteiger partial charge is 0.251 e. The van der Waals surface area contributed by atoms with E-state index >= 15 is 0 Å². The molecule has 186 valence electrons. The van der Waals surface area contributed by atoms with Crippen molar-refractivity contribution >= 4 is 17.7 Å². The molecule has 1 fully saturated rings. The van der Waals surface area contributed by atoms with E-state index in [-0.39, 0.29) is 37.0 Å². The highest BCUT2D eigenvalue weighted by atomic mass is 16.7. The van der Waals surface area contributed by atoms with Gasteiger partial charge >= 0.3 is 0 Å². The highest BCUT2D eigenvalue weighted by molar-refractivity contribution is 5.95. The van der Waals surface area contributed by atoms with E-state index in [1.165, 1.54) is 0 Å². The molecule has 3 amide bonds. The van der Waals surface area contributed by atoms with Crippen molar-refractivity contribution in [2.24, 2.45) is 5.92 Å². The molecule has 2 heterocycles. The number of amides is 3. The number of rotatable bonds is 6. The molecule has 0 bridgehead atoms. The quantitative estimate of drug-likeness (QED) is 0.657. The number of fused-ring (bicyclic) bond motifs is 1. The number of hydrogen-bond acceptors (Lipinski definition) is 6. The van der Waals surface area contributed by atoms with Crippen LogP contribution in [0, 0.1) is 5.92 Å². The van der Waals surface area contributed by atoms with Gasteiger partial charge in [-0.1, -0.05) is 18.6 Å². The van der Waals surface area contributed by atoms with Gasteiger partial charge in [0.2, 0.25) is 18.6 Å². The Kier molecular flexibility index (Phi) is 7.74. The van der Waals surface area contributed by atoms with Crippen molar-refractivity contribution in [3.05, 3.63) is 53.6 Å². The predicted molar refractivity (Wildman–Crippen MR) is 128 cm³/mol. The van der Waals surface area contributed by atoms with E-state index in [9.17, 15) is 14.4 Å². The Morgan fingerprint density at radius 3 is 2.63 bits per heavy atom. The maximum absolute atomic E-state index is 12.9. The summed E-state index contributed by atoms with van der Waals surface area (Å²) in [5.74, 6) is 1.02. The van der Waals surface area contributed by atoms with Crippen LogP contribution >= 0.6 is 0 Å². The maximum Gasteiger partial charge on any atom is 0.251 e. The van der Waals surface area contributed by atoms with E-state index in [1.807, 2.05) is 24.3 Å². The summed E-state index contributed by atoms with van der Waals surface area (Å²) in [4.78, 5) is 40.1. The summed E-state index contributed by atoms with van der Waals surface area (Å²) >= 11 is 0. The minimum atomic E-state index is -0.411. The average molecular weight is 482 g/mol. The molecule has 2 aliphatic rings. The van der Waals surface area contributed by atoms with Crippen molar-refractivity contribution in [1.29, 1.82) is 0 Å². The summed E-state index contributed by atoms with van der Waals surface area (Å²) < 4.78 is 15.8. The van der Waals surface area contributed by atoms with E-state index in [4.69, 9.17) is 14.2 Å². The third-order valence-electron chi connectivity index (χ3n) is 6.41. The number of benzene rings is 2. The molecular weight excluding hydrogens is 450 g/mol. The van der Waals surface area contributed by atoms with E-state index in [0.717, 1.165) is 11.3 Å². The molecule has 9 nitrogen and oxygen atoms in total. The first-order valence-corrected chi connectivity index (χ1v) is 11.8. The summed E-state index contributed by atoms with van der Waals surface area (Å²) in [6.45, 7) is 0.914. The standard InChI is InChI=1S/C26H31N3O6/c1-29-15-20(28-26(32)19-8-11-22-23(12-19)35-16-34-22)5-3-4-18(13-24(29)30)25(31)27-14-17-6-9-21(33-2)10-7-17/h6-12,18,20H,3-5,13-16H2,1-2H3,(H,27,31)(H,28,32). The molecule has 1 saturated heterocycles. The highest BCUT2D eigenvalue weighted by Gasteiger charge is 2.28. The lowest BCUT2D eigenvalue weighted by atomic mass is 9.96. The van der Waals surface area contributed by atoms with Crippen LogP contribution in [0.3, 0.4) is 0 Å². The highest BCUT2D eigenvalue weighted by Crippen LogP contribution is 2.32. The topological polar surface area (TPSA) is 106 Å². The number of carbonyl (C=O) groups is 3. The van der Waals surface area contributed by atoms with Crippen molar-refractivity contribution in [1.82, 2.24) is 15.5 Å². The van der Waals surface area contributed by atoms with Gasteiger partial charge in [-0.05, 0) is 48.7 Å². The molecular formula is C26H31N3O6. The Morgan fingerprint density at radius 1 is 1.09 bits per heavy atom. The number of methoxy groups -OCH3 is 1.